The van der Waals surface area contributed by atoms with Crippen molar-refractivity contribution in [2.24, 2.45) is 5.92 Å². The Balaban J connectivity index is 1.93. The first-order chi connectivity index (χ1) is 13.0. The van der Waals surface area contributed by atoms with Crippen molar-refractivity contribution in [3.63, 3.8) is 0 Å². The number of aryl methyl sites for hydroxylation is 2. The van der Waals surface area contributed by atoms with Crippen LogP contribution in [0.15, 0.2) is 48.7 Å². The van der Waals surface area contributed by atoms with E-state index in [2.05, 4.69) is 80.6 Å². The second kappa shape index (κ2) is 8.43. The number of nitrogens with one attached hydrogen (secondary N) is 2. The normalized spacial score (nSPS) is 12.5. The number of hydrogen-bond donors (Lipinski definition) is 2. The molecule has 3 rings (SSSR count). The molecular formula is C24H30N2O. The Hall–Kier alpha value is -2.55. The van der Waals surface area contributed by atoms with Crippen LogP contribution in [-0.2, 0) is 4.79 Å². The van der Waals surface area contributed by atoms with E-state index in [4.69, 9.17) is 0 Å². The van der Waals surface area contributed by atoms with Crippen molar-refractivity contribution in [3.8, 4) is 0 Å². The first-order valence-corrected chi connectivity index (χ1v) is 9.85. The predicted molar refractivity (Wildman–Crippen MR) is 113 cm³/mol. The Labute approximate surface area is 162 Å². The Morgan fingerprint density at radius 3 is 2.59 bits per heavy atom. The van der Waals surface area contributed by atoms with Gasteiger partial charge in [0.25, 0.3) is 0 Å². The molecule has 2 N–H and O–H groups in total. The molecule has 0 radical (unpaired) electrons. The maximum atomic E-state index is 12.7. The molecule has 3 nitrogen and oxygen atoms in total. The van der Waals surface area contributed by atoms with Gasteiger partial charge in [0.15, 0.2) is 0 Å². The Bertz CT molecular complexity index is 923. The monoisotopic (exact) mass is 362 g/mol. The zero-order valence-corrected chi connectivity index (χ0v) is 16.8. The van der Waals surface area contributed by atoms with Crippen LogP contribution in [0, 0.1) is 19.8 Å². The highest BCUT2D eigenvalue weighted by Crippen LogP contribution is 2.35. The highest BCUT2D eigenvalue weighted by atomic mass is 16.1. The van der Waals surface area contributed by atoms with Crippen LogP contribution in [0.2, 0.25) is 0 Å². The summed E-state index contributed by atoms with van der Waals surface area (Å²) in [5.74, 6) is 0.751. The fourth-order valence-corrected chi connectivity index (χ4v) is 3.74. The molecule has 142 valence electrons. The van der Waals surface area contributed by atoms with Crippen LogP contribution in [0.25, 0.3) is 10.9 Å². The van der Waals surface area contributed by atoms with E-state index in [0.717, 1.165) is 18.5 Å². The van der Waals surface area contributed by atoms with Crippen LogP contribution in [-0.4, -0.2) is 17.4 Å². The van der Waals surface area contributed by atoms with Crippen LogP contribution < -0.4 is 5.32 Å². The average Bonchev–Trinajstić information content (AvgIpc) is 3.04. The van der Waals surface area contributed by atoms with Gasteiger partial charge in [-0.15, -0.1) is 0 Å². The maximum Gasteiger partial charge on any atom is 0.220 e. The van der Waals surface area contributed by atoms with Crippen LogP contribution in [0.3, 0.4) is 0 Å². The topological polar surface area (TPSA) is 44.9 Å². The molecule has 0 aliphatic heterocycles. The number of hydrogen-bond acceptors (Lipinski definition) is 1. The van der Waals surface area contributed by atoms with E-state index < -0.39 is 0 Å². The third kappa shape index (κ3) is 4.60. The van der Waals surface area contributed by atoms with E-state index >= 15 is 0 Å². The van der Waals surface area contributed by atoms with E-state index in [0.29, 0.717) is 12.3 Å². The molecule has 1 heterocycles. The molecule has 1 amide bonds. The number of amides is 1. The van der Waals surface area contributed by atoms with Crippen molar-refractivity contribution < 1.29 is 4.79 Å². The SMILES string of the molecule is Cc1ccc(C(CC(=O)NCCC(C)C)c2c[nH]c3ccccc23)c(C)c1. The minimum atomic E-state index is 0.0424. The molecular weight excluding hydrogens is 332 g/mol. The predicted octanol–water partition coefficient (Wildman–Crippen LogP) is 5.47. The quantitative estimate of drug-likeness (QED) is 0.575. The minimum Gasteiger partial charge on any atom is -0.361 e. The summed E-state index contributed by atoms with van der Waals surface area (Å²) in [4.78, 5) is 16.1. The third-order valence-electron chi connectivity index (χ3n) is 5.23. The molecule has 0 aliphatic carbocycles. The molecule has 1 aromatic heterocycles. The van der Waals surface area contributed by atoms with Crippen LogP contribution in [0.1, 0.15) is 54.9 Å². The lowest BCUT2D eigenvalue weighted by Gasteiger charge is -2.20. The number of benzene rings is 2. The molecule has 0 aliphatic rings. The van der Waals surface area contributed by atoms with Gasteiger partial charge in [0, 0.05) is 36.0 Å². The van der Waals surface area contributed by atoms with Gasteiger partial charge in [-0.3, -0.25) is 4.79 Å². The van der Waals surface area contributed by atoms with Crippen molar-refractivity contribution in [1.29, 1.82) is 0 Å². The summed E-state index contributed by atoms with van der Waals surface area (Å²) in [6.45, 7) is 9.34. The van der Waals surface area contributed by atoms with E-state index in [9.17, 15) is 4.79 Å². The molecule has 0 bridgehead atoms. The largest absolute Gasteiger partial charge is 0.361 e. The number of H-pyrrole nitrogens is 1. The first-order valence-electron chi connectivity index (χ1n) is 9.85. The lowest BCUT2D eigenvalue weighted by molar-refractivity contribution is -0.121. The average molecular weight is 363 g/mol. The number of fused-ring (bicyclic) bond motifs is 1. The molecule has 0 saturated heterocycles. The molecule has 27 heavy (non-hydrogen) atoms. The summed E-state index contributed by atoms with van der Waals surface area (Å²) in [6.07, 6.45) is 3.53. The number of carbonyl (C=O) groups is 1. The van der Waals surface area contributed by atoms with E-state index in [1.807, 2.05) is 6.07 Å². The van der Waals surface area contributed by atoms with E-state index in [1.165, 1.54) is 27.6 Å². The zero-order valence-electron chi connectivity index (χ0n) is 16.8. The molecule has 1 unspecified atom stereocenters. The fraction of sp³-hybridized carbons (Fsp3) is 0.375. The third-order valence-corrected chi connectivity index (χ3v) is 5.23. The minimum absolute atomic E-state index is 0.0424. The van der Waals surface area contributed by atoms with Gasteiger partial charge in [-0.25, -0.2) is 0 Å². The van der Waals surface area contributed by atoms with Crippen molar-refractivity contribution in [2.75, 3.05) is 6.54 Å². The van der Waals surface area contributed by atoms with Gasteiger partial charge in [0.2, 0.25) is 5.91 Å². The van der Waals surface area contributed by atoms with Gasteiger partial charge in [-0.05, 0) is 48.9 Å². The fourth-order valence-electron chi connectivity index (χ4n) is 3.74. The Kier molecular flexibility index (Phi) is 6.00. The molecule has 0 fully saturated rings. The number of aromatic nitrogens is 1. The molecule has 3 heteroatoms. The van der Waals surface area contributed by atoms with E-state index in [1.54, 1.807) is 0 Å². The lowest BCUT2D eigenvalue weighted by Crippen LogP contribution is -2.27. The number of aromatic amines is 1. The highest BCUT2D eigenvalue weighted by Gasteiger charge is 2.22. The number of carbonyl (C=O) groups excluding carboxylic acids is 1. The number of rotatable bonds is 7. The van der Waals surface area contributed by atoms with Crippen molar-refractivity contribution >= 4 is 16.8 Å². The smallest absolute Gasteiger partial charge is 0.220 e. The summed E-state index contributed by atoms with van der Waals surface area (Å²) in [5, 5.41) is 4.30. The van der Waals surface area contributed by atoms with Gasteiger partial charge >= 0.3 is 0 Å². The zero-order chi connectivity index (χ0) is 19.4. The molecule has 1 atom stereocenters. The van der Waals surface area contributed by atoms with Gasteiger partial charge in [0.1, 0.15) is 0 Å². The van der Waals surface area contributed by atoms with Crippen molar-refractivity contribution in [1.82, 2.24) is 10.3 Å². The van der Waals surface area contributed by atoms with Crippen LogP contribution in [0.5, 0.6) is 0 Å². The molecule has 3 aromatic rings. The Morgan fingerprint density at radius 1 is 1.07 bits per heavy atom. The molecule has 0 saturated carbocycles. The molecule has 0 spiro atoms. The highest BCUT2D eigenvalue weighted by molar-refractivity contribution is 5.86. The second-order valence-electron chi connectivity index (χ2n) is 7.94. The maximum absolute atomic E-state index is 12.7. The lowest BCUT2D eigenvalue weighted by atomic mass is 9.85. The second-order valence-corrected chi connectivity index (χ2v) is 7.94. The van der Waals surface area contributed by atoms with Crippen LogP contribution in [0.4, 0.5) is 0 Å². The summed E-state index contributed by atoms with van der Waals surface area (Å²) in [7, 11) is 0. The summed E-state index contributed by atoms with van der Waals surface area (Å²) in [5.41, 5.74) is 6.01. The first kappa shape index (κ1) is 19.2. The molecule has 2 aromatic carbocycles. The standard InChI is InChI=1S/C24H30N2O/c1-16(2)11-12-25-24(27)14-21(19-10-9-17(3)13-18(19)4)22-15-26-23-8-6-5-7-20(22)23/h5-10,13,15-16,21,26H,11-12,14H2,1-4H3,(H,25,27). The van der Waals surface area contributed by atoms with Gasteiger partial charge < -0.3 is 10.3 Å². The summed E-state index contributed by atoms with van der Waals surface area (Å²) in [6, 6.07) is 14.8. The summed E-state index contributed by atoms with van der Waals surface area (Å²) < 4.78 is 0. The number of para-hydroxylation sites is 1. The van der Waals surface area contributed by atoms with E-state index in [-0.39, 0.29) is 11.8 Å². The van der Waals surface area contributed by atoms with Gasteiger partial charge in [-0.1, -0.05) is 55.8 Å². The summed E-state index contributed by atoms with van der Waals surface area (Å²) >= 11 is 0. The van der Waals surface area contributed by atoms with Crippen molar-refractivity contribution in [3.05, 3.63) is 70.9 Å². The van der Waals surface area contributed by atoms with Gasteiger partial charge in [0.05, 0.1) is 0 Å². The van der Waals surface area contributed by atoms with Crippen LogP contribution >= 0.6 is 0 Å². The van der Waals surface area contributed by atoms with Gasteiger partial charge in [-0.2, -0.15) is 0 Å². The Morgan fingerprint density at radius 2 is 1.85 bits per heavy atom. The van der Waals surface area contributed by atoms with Crippen molar-refractivity contribution in [2.45, 2.75) is 46.5 Å².